The van der Waals surface area contributed by atoms with Crippen LogP contribution in [0.15, 0.2) is 18.2 Å². The third kappa shape index (κ3) is 6.42. The molecule has 1 amide bonds. The molecule has 0 fully saturated rings. The summed E-state index contributed by atoms with van der Waals surface area (Å²) in [4.78, 5) is 10.4. The molecule has 7 heteroatoms. The van der Waals surface area contributed by atoms with Gasteiger partial charge >= 0.3 is 6.09 Å². The predicted molar refractivity (Wildman–Crippen MR) is 75.9 cm³/mol. The Hall–Kier alpha value is -1.86. The van der Waals surface area contributed by atoms with Crippen molar-refractivity contribution in [2.45, 2.75) is 32.5 Å². The Morgan fingerprint density at radius 2 is 2.14 bits per heavy atom. The second-order valence-corrected chi connectivity index (χ2v) is 4.83. The number of rotatable bonds is 8. The number of carbonyl (C=O) groups is 1. The molecule has 0 heterocycles. The first-order chi connectivity index (χ1) is 9.92. The van der Waals surface area contributed by atoms with E-state index in [2.05, 4.69) is 10.6 Å². The molecule has 6 nitrogen and oxygen atoms in total. The fourth-order valence-electron chi connectivity index (χ4n) is 1.64. The van der Waals surface area contributed by atoms with Crippen molar-refractivity contribution in [1.82, 2.24) is 10.6 Å². The maximum Gasteiger partial charge on any atom is 0.404 e. The van der Waals surface area contributed by atoms with Crippen LogP contribution in [0.5, 0.6) is 5.75 Å². The van der Waals surface area contributed by atoms with Crippen LogP contribution < -0.4 is 15.4 Å². The molecule has 21 heavy (non-hydrogen) atoms. The van der Waals surface area contributed by atoms with Gasteiger partial charge in [0, 0.05) is 18.2 Å². The highest BCUT2D eigenvalue weighted by atomic mass is 19.1. The Bertz CT molecular complexity index is 470. The average molecular weight is 300 g/mol. The van der Waals surface area contributed by atoms with Gasteiger partial charge in [0.05, 0.1) is 13.2 Å². The number of amides is 1. The van der Waals surface area contributed by atoms with Crippen molar-refractivity contribution in [3.05, 3.63) is 29.6 Å². The Balaban J connectivity index is 2.69. The van der Waals surface area contributed by atoms with Crippen molar-refractivity contribution in [2.24, 2.45) is 0 Å². The summed E-state index contributed by atoms with van der Waals surface area (Å²) in [5, 5.41) is 22.8. The molecule has 0 saturated carbocycles. The fraction of sp³-hybridized carbons (Fsp3) is 0.500. The number of hydrogen-bond donors (Lipinski definition) is 4. The van der Waals surface area contributed by atoms with Gasteiger partial charge in [-0.25, -0.2) is 9.18 Å². The van der Waals surface area contributed by atoms with Gasteiger partial charge in [0.15, 0.2) is 0 Å². The molecular formula is C14H21FN2O4. The van der Waals surface area contributed by atoms with Gasteiger partial charge < -0.3 is 25.6 Å². The number of ether oxygens (including phenoxy) is 1. The lowest BCUT2D eigenvalue weighted by molar-refractivity contribution is 0.178. The monoisotopic (exact) mass is 300 g/mol. The van der Waals surface area contributed by atoms with E-state index in [4.69, 9.17) is 14.9 Å². The standard InChI is InChI=1S/C14H21FN2O4/c1-9(8-18)16-7-11-5-12(15)3-4-13(11)21-10(2)6-17-14(19)20/h3-5,9-10,16-18H,6-8H2,1-2H3,(H,19,20)/t9-,10-/m0/s1. The lowest BCUT2D eigenvalue weighted by Crippen LogP contribution is -2.33. The second kappa shape index (κ2) is 8.43. The van der Waals surface area contributed by atoms with Gasteiger partial charge in [-0.15, -0.1) is 0 Å². The van der Waals surface area contributed by atoms with Crippen molar-refractivity contribution in [1.29, 1.82) is 0 Å². The van der Waals surface area contributed by atoms with Gasteiger partial charge in [0.2, 0.25) is 0 Å². The minimum Gasteiger partial charge on any atom is -0.489 e. The van der Waals surface area contributed by atoms with Crippen molar-refractivity contribution in [2.75, 3.05) is 13.2 Å². The van der Waals surface area contributed by atoms with E-state index in [-0.39, 0.29) is 31.1 Å². The third-order valence-electron chi connectivity index (χ3n) is 2.81. The normalized spacial score (nSPS) is 13.5. The Morgan fingerprint density at radius 3 is 2.76 bits per heavy atom. The Morgan fingerprint density at radius 1 is 1.43 bits per heavy atom. The zero-order valence-electron chi connectivity index (χ0n) is 12.1. The lowest BCUT2D eigenvalue weighted by Gasteiger charge is -2.18. The zero-order chi connectivity index (χ0) is 15.8. The molecule has 0 aliphatic carbocycles. The predicted octanol–water partition coefficient (Wildman–Crippen LogP) is 1.33. The molecule has 0 saturated heterocycles. The summed E-state index contributed by atoms with van der Waals surface area (Å²) in [5.41, 5.74) is 0.609. The highest BCUT2D eigenvalue weighted by molar-refractivity contribution is 5.64. The van der Waals surface area contributed by atoms with Crippen LogP contribution in [0.3, 0.4) is 0 Å². The minimum absolute atomic E-state index is 0.0234. The maximum atomic E-state index is 13.3. The highest BCUT2D eigenvalue weighted by Gasteiger charge is 2.11. The van der Waals surface area contributed by atoms with E-state index in [0.29, 0.717) is 17.9 Å². The summed E-state index contributed by atoms with van der Waals surface area (Å²) in [7, 11) is 0. The summed E-state index contributed by atoms with van der Waals surface area (Å²) >= 11 is 0. The van der Waals surface area contributed by atoms with Crippen LogP contribution in [0.25, 0.3) is 0 Å². The molecule has 0 radical (unpaired) electrons. The molecule has 0 aliphatic heterocycles. The molecule has 2 atom stereocenters. The minimum atomic E-state index is -1.12. The molecule has 1 aromatic rings. The first-order valence-corrected chi connectivity index (χ1v) is 6.68. The summed E-state index contributed by atoms with van der Waals surface area (Å²) in [6.07, 6.45) is -1.51. The zero-order valence-corrected chi connectivity index (χ0v) is 12.1. The summed E-state index contributed by atoms with van der Waals surface area (Å²) in [5.74, 6) is 0.0980. The van der Waals surface area contributed by atoms with Crippen LogP contribution in [-0.4, -0.2) is 41.6 Å². The number of nitrogens with one attached hydrogen (secondary N) is 2. The van der Waals surface area contributed by atoms with E-state index in [9.17, 15) is 9.18 Å². The molecule has 0 spiro atoms. The van der Waals surface area contributed by atoms with Crippen LogP contribution in [0.2, 0.25) is 0 Å². The fourth-order valence-corrected chi connectivity index (χ4v) is 1.64. The molecular weight excluding hydrogens is 279 g/mol. The molecule has 0 unspecified atom stereocenters. The summed E-state index contributed by atoms with van der Waals surface area (Å²) < 4.78 is 18.9. The number of aliphatic hydroxyl groups is 1. The van der Waals surface area contributed by atoms with Crippen LogP contribution in [0, 0.1) is 5.82 Å². The van der Waals surface area contributed by atoms with Gasteiger partial charge in [0.1, 0.15) is 17.7 Å². The summed E-state index contributed by atoms with van der Waals surface area (Å²) in [6.45, 7) is 3.97. The molecule has 4 N–H and O–H groups in total. The largest absolute Gasteiger partial charge is 0.489 e. The van der Waals surface area contributed by atoms with E-state index >= 15 is 0 Å². The van der Waals surface area contributed by atoms with E-state index in [1.165, 1.54) is 18.2 Å². The first kappa shape index (κ1) is 17.2. The number of halogens is 1. The van der Waals surface area contributed by atoms with Crippen LogP contribution >= 0.6 is 0 Å². The topological polar surface area (TPSA) is 90.8 Å². The highest BCUT2D eigenvalue weighted by Crippen LogP contribution is 2.21. The van der Waals surface area contributed by atoms with E-state index in [1.54, 1.807) is 13.8 Å². The van der Waals surface area contributed by atoms with Crippen molar-refractivity contribution in [3.8, 4) is 5.75 Å². The number of benzene rings is 1. The number of hydrogen-bond acceptors (Lipinski definition) is 4. The molecule has 118 valence electrons. The van der Waals surface area contributed by atoms with Gasteiger partial charge in [-0.05, 0) is 32.0 Å². The number of carboxylic acid groups (broad SMARTS) is 1. The van der Waals surface area contributed by atoms with E-state index < -0.39 is 6.09 Å². The van der Waals surface area contributed by atoms with Crippen molar-refractivity contribution < 1.29 is 24.1 Å². The summed E-state index contributed by atoms with van der Waals surface area (Å²) in [6, 6.07) is 4.02. The van der Waals surface area contributed by atoms with Crippen molar-refractivity contribution >= 4 is 6.09 Å². The molecule has 1 aromatic carbocycles. The van der Waals surface area contributed by atoms with E-state index in [0.717, 1.165) is 0 Å². The van der Waals surface area contributed by atoms with Crippen LogP contribution in [0.1, 0.15) is 19.4 Å². The first-order valence-electron chi connectivity index (χ1n) is 6.68. The quantitative estimate of drug-likeness (QED) is 0.581. The van der Waals surface area contributed by atoms with Gasteiger partial charge in [0.25, 0.3) is 0 Å². The molecule has 1 rings (SSSR count). The van der Waals surface area contributed by atoms with Gasteiger partial charge in [-0.1, -0.05) is 0 Å². The molecule has 0 aromatic heterocycles. The van der Waals surface area contributed by atoms with E-state index in [1.807, 2.05) is 0 Å². The maximum absolute atomic E-state index is 13.3. The second-order valence-electron chi connectivity index (χ2n) is 4.83. The van der Waals surface area contributed by atoms with Crippen LogP contribution in [0.4, 0.5) is 9.18 Å². The third-order valence-corrected chi connectivity index (χ3v) is 2.81. The SMILES string of the molecule is C[C@@H](CO)NCc1cc(F)ccc1O[C@@H](C)CNC(=O)O. The Labute approximate surface area is 122 Å². The Kier molecular flexibility index (Phi) is 6.90. The average Bonchev–Trinajstić information content (AvgIpc) is 2.44. The van der Waals surface area contributed by atoms with Crippen LogP contribution in [-0.2, 0) is 6.54 Å². The van der Waals surface area contributed by atoms with Gasteiger partial charge in [-0.2, -0.15) is 0 Å². The number of aliphatic hydroxyl groups excluding tert-OH is 1. The smallest absolute Gasteiger partial charge is 0.404 e. The lowest BCUT2D eigenvalue weighted by atomic mass is 10.1. The molecule has 0 bridgehead atoms. The van der Waals surface area contributed by atoms with Gasteiger partial charge in [-0.3, -0.25) is 0 Å². The van der Waals surface area contributed by atoms with Crippen molar-refractivity contribution in [3.63, 3.8) is 0 Å². The molecule has 0 aliphatic rings.